The number of thiazole rings is 1. The minimum atomic E-state index is -0.962. The van der Waals surface area contributed by atoms with E-state index in [4.69, 9.17) is 5.11 Å². The van der Waals surface area contributed by atoms with Crippen LogP contribution in [0.25, 0.3) is 0 Å². The van der Waals surface area contributed by atoms with Gasteiger partial charge in [-0.25, -0.2) is 9.97 Å². The van der Waals surface area contributed by atoms with Gasteiger partial charge in [0.05, 0.1) is 5.69 Å². The number of carboxylic acid groups (broad SMARTS) is 1. The zero-order valence-corrected chi connectivity index (χ0v) is 12.2. The Morgan fingerprint density at radius 1 is 1.55 bits per heavy atom. The lowest BCUT2D eigenvalue weighted by Gasteiger charge is -2.15. The summed E-state index contributed by atoms with van der Waals surface area (Å²) in [6, 6.07) is 0. The molecule has 0 atom stereocenters. The van der Waals surface area contributed by atoms with Gasteiger partial charge in [0.15, 0.2) is 5.13 Å². The van der Waals surface area contributed by atoms with Crippen LogP contribution in [0.2, 0.25) is 0 Å². The highest BCUT2D eigenvalue weighted by Crippen LogP contribution is 2.27. The Labute approximate surface area is 120 Å². The molecule has 108 valence electrons. The van der Waals surface area contributed by atoms with Gasteiger partial charge >= 0.3 is 5.97 Å². The molecule has 0 bridgehead atoms. The van der Waals surface area contributed by atoms with E-state index in [0.29, 0.717) is 5.69 Å². The largest absolute Gasteiger partial charge is 0.481 e. The van der Waals surface area contributed by atoms with E-state index in [1.165, 1.54) is 17.7 Å². The average molecular weight is 295 g/mol. The summed E-state index contributed by atoms with van der Waals surface area (Å²) in [7, 11) is 0. The topological polar surface area (TPSA) is 104 Å². The predicted octanol–water partition coefficient (Wildman–Crippen LogP) is 1.67. The standard InChI is InChI=1S/C12H17N5O2S/c1-12(2,10(18)19)8-6-20-11(16-8)13-5-3-4-9-14-7-15-17-9/h6-7H,3-5H2,1-2H3,(H,13,16)(H,18,19)(H,14,15,17). The fourth-order valence-corrected chi connectivity index (χ4v) is 2.46. The zero-order chi connectivity index (χ0) is 14.6. The number of aromatic nitrogens is 4. The number of aromatic amines is 1. The van der Waals surface area contributed by atoms with Crippen molar-refractivity contribution >= 4 is 22.4 Å². The van der Waals surface area contributed by atoms with Crippen LogP contribution in [0.1, 0.15) is 31.8 Å². The maximum atomic E-state index is 11.2. The molecule has 0 spiro atoms. The van der Waals surface area contributed by atoms with Crippen molar-refractivity contribution in [2.75, 3.05) is 11.9 Å². The quantitative estimate of drug-likeness (QED) is 0.671. The van der Waals surface area contributed by atoms with Crippen LogP contribution in [0.15, 0.2) is 11.7 Å². The predicted molar refractivity (Wildman–Crippen MR) is 76.0 cm³/mol. The minimum Gasteiger partial charge on any atom is -0.481 e. The van der Waals surface area contributed by atoms with Crippen LogP contribution < -0.4 is 5.32 Å². The Morgan fingerprint density at radius 3 is 3.00 bits per heavy atom. The van der Waals surface area contributed by atoms with Gasteiger partial charge in [-0.05, 0) is 20.3 Å². The number of carbonyl (C=O) groups is 1. The van der Waals surface area contributed by atoms with Crippen molar-refractivity contribution in [3.05, 3.63) is 23.2 Å². The molecule has 0 aliphatic rings. The van der Waals surface area contributed by atoms with Gasteiger partial charge in [0.2, 0.25) is 0 Å². The molecule has 3 N–H and O–H groups in total. The summed E-state index contributed by atoms with van der Waals surface area (Å²) in [5.74, 6) is -0.0155. The molecule has 20 heavy (non-hydrogen) atoms. The summed E-state index contributed by atoms with van der Waals surface area (Å²) < 4.78 is 0. The van der Waals surface area contributed by atoms with Gasteiger partial charge in [-0.15, -0.1) is 11.3 Å². The third-order valence-corrected chi connectivity index (χ3v) is 3.81. The summed E-state index contributed by atoms with van der Waals surface area (Å²) in [5, 5.41) is 21.5. The first kappa shape index (κ1) is 14.4. The number of nitrogens with one attached hydrogen (secondary N) is 2. The van der Waals surface area contributed by atoms with Crippen molar-refractivity contribution in [2.24, 2.45) is 0 Å². The minimum absolute atomic E-state index is 0.577. The highest BCUT2D eigenvalue weighted by atomic mass is 32.1. The van der Waals surface area contributed by atoms with Crippen molar-refractivity contribution in [1.82, 2.24) is 20.2 Å². The first-order chi connectivity index (χ1) is 9.50. The smallest absolute Gasteiger partial charge is 0.315 e. The van der Waals surface area contributed by atoms with Crippen LogP contribution in [0.5, 0.6) is 0 Å². The molecule has 2 heterocycles. The third kappa shape index (κ3) is 3.32. The zero-order valence-electron chi connectivity index (χ0n) is 11.4. The summed E-state index contributed by atoms with van der Waals surface area (Å²) in [6.07, 6.45) is 3.20. The lowest BCUT2D eigenvalue weighted by molar-refractivity contribution is -0.142. The van der Waals surface area contributed by atoms with E-state index in [-0.39, 0.29) is 0 Å². The summed E-state index contributed by atoms with van der Waals surface area (Å²) in [4.78, 5) is 19.5. The Hall–Kier alpha value is -1.96. The van der Waals surface area contributed by atoms with E-state index in [0.717, 1.165) is 30.3 Å². The number of aryl methyl sites for hydroxylation is 1. The molecule has 0 amide bonds. The Bertz CT molecular complexity index is 564. The molecule has 0 unspecified atom stereocenters. The van der Waals surface area contributed by atoms with Crippen LogP contribution in [0.4, 0.5) is 5.13 Å². The molecule has 0 fully saturated rings. The fraction of sp³-hybridized carbons (Fsp3) is 0.500. The fourth-order valence-electron chi connectivity index (χ4n) is 1.55. The van der Waals surface area contributed by atoms with Crippen LogP contribution in [-0.4, -0.2) is 37.8 Å². The van der Waals surface area contributed by atoms with Crippen LogP contribution in [0, 0.1) is 0 Å². The molecule has 2 rings (SSSR count). The molecule has 0 radical (unpaired) electrons. The lowest BCUT2D eigenvalue weighted by Crippen LogP contribution is -2.28. The number of hydrogen-bond donors (Lipinski definition) is 3. The molecule has 2 aromatic rings. The molecular formula is C12H17N5O2S. The van der Waals surface area contributed by atoms with Gasteiger partial charge in [0, 0.05) is 18.3 Å². The SMILES string of the molecule is CC(C)(C(=O)O)c1csc(NCCCc2ncn[nH]2)n1. The maximum Gasteiger partial charge on any atom is 0.315 e. The number of aliphatic carboxylic acids is 1. The molecule has 0 saturated carbocycles. The van der Waals surface area contributed by atoms with Crippen LogP contribution >= 0.6 is 11.3 Å². The number of carboxylic acids is 1. The second kappa shape index (κ2) is 6.00. The monoisotopic (exact) mass is 295 g/mol. The summed E-state index contributed by atoms with van der Waals surface area (Å²) in [5.41, 5.74) is -0.385. The highest BCUT2D eigenvalue weighted by Gasteiger charge is 2.32. The number of H-pyrrole nitrogens is 1. The first-order valence-corrected chi connectivity index (χ1v) is 7.15. The Balaban J connectivity index is 1.82. The normalized spacial score (nSPS) is 11.5. The molecule has 0 aliphatic heterocycles. The van der Waals surface area contributed by atoms with Crippen LogP contribution in [0.3, 0.4) is 0 Å². The lowest BCUT2D eigenvalue weighted by atomic mass is 9.90. The van der Waals surface area contributed by atoms with Crippen molar-refractivity contribution in [3.8, 4) is 0 Å². The highest BCUT2D eigenvalue weighted by molar-refractivity contribution is 7.13. The average Bonchev–Trinajstić information content (AvgIpc) is 3.06. The number of nitrogens with zero attached hydrogens (tertiary/aromatic N) is 3. The Kier molecular flexibility index (Phi) is 4.33. The van der Waals surface area contributed by atoms with Gasteiger partial charge in [-0.2, -0.15) is 5.10 Å². The van der Waals surface area contributed by atoms with Gasteiger partial charge < -0.3 is 10.4 Å². The maximum absolute atomic E-state index is 11.2. The number of rotatable bonds is 7. The Morgan fingerprint density at radius 2 is 2.35 bits per heavy atom. The molecule has 2 aromatic heterocycles. The molecule has 8 heteroatoms. The van der Waals surface area contributed by atoms with Crippen LogP contribution in [-0.2, 0) is 16.6 Å². The van der Waals surface area contributed by atoms with E-state index in [9.17, 15) is 4.79 Å². The van der Waals surface area contributed by atoms with Gasteiger partial charge in [0.1, 0.15) is 17.6 Å². The first-order valence-electron chi connectivity index (χ1n) is 6.27. The summed E-state index contributed by atoms with van der Waals surface area (Å²) >= 11 is 1.42. The summed E-state index contributed by atoms with van der Waals surface area (Å²) in [6.45, 7) is 4.05. The van der Waals surface area contributed by atoms with Crippen molar-refractivity contribution in [1.29, 1.82) is 0 Å². The van der Waals surface area contributed by atoms with Gasteiger partial charge in [-0.3, -0.25) is 9.89 Å². The van der Waals surface area contributed by atoms with Crippen molar-refractivity contribution in [3.63, 3.8) is 0 Å². The molecular weight excluding hydrogens is 278 g/mol. The number of hydrogen-bond acceptors (Lipinski definition) is 6. The molecule has 0 aliphatic carbocycles. The molecule has 0 aromatic carbocycles. The third-order valence-electron chi connectivity index (χ3n) is 3.01. The van der Waals surface area contributed by atoms with Gasteiger partial charge in [-0.1, -0.05) is 0 Å². The van der Waals surface area contributed by atoms with E-state index in [1.54, 1.807) is 19.2 Å². The van der Waals surface area contributed by atoms with Crippen molar-refractivity contribution in [2.45, 2.75) is 32.1 Å². The van der Waals surface area contributed by atoms with E-state index >= 15 is 0 Å². The van der Waals surface area contributed by atoms with Crippen molar-refractivity contribution < 1.29 is 9.90 Å². The van der Waals surface area contributed by atoms with E-state index in [2.05, 4.69) is 25.5 Å². The van der Waals surface area contributed by atoms with Gasteiger partial charge in [0.25, 0.3) is 0 Å². The number of anilines is 1. The molecule has 0 saturated heterocycles. The van der Waals surface area contributed by atoms with E-state index < -0.39 is 11.4 Å². The second-order valence-corrected chi connectivity index (χ2v) is 5.79. The molecule has 7 nitrogen and oxygen atoms in total. The second-order valence-electron chi connectivity index (χ2n) is 4.93. The van der Waals surface area contributed by atoms with E-state index in [1.807, 2.05) is 0 Å².